The van der Waals surface area contributed by atoms with Crippen LogP contribution in [-0.4, -0.2) is 57.8 Å². The number of hydrogen-bond donors (Lipinski definition) is 4. The highest BCUT2D eigenvalue weighted by Crippen LogP contribution is 2.27. The Hall–Kier alpha value is -4.84. The fourth-order valence-electron chi connectivity index (χ4n) is 5.36. The van der Waals surface area contributed by atoms with Crippen LogP contribution in [0.2, 0.25) is 0 Å². The van der Waals surface area contributed by atoms with E-state index < -0.39 is 46.9 Å². The van der Waals surface area contributed by atoms with Gasteiger partial charge in [0.25, 0.3) is 0 Å². The van der Waals surface area contributed by atoms with Gasteiger partial charge in [-0.1, -0.05) is 36.4 Å². The maximum atomic E-state index is 14.1. The van der Waals surface area contributed by atoms with E-state index >= 15 is 0 Å². The summed E-state index contributed by atoms with van der Waals surface area (Å²) in [6.45, 7) is 18.2. The molecule has 12 heteroatoms. The highest BCUT2D eigenvalue weighted by molar-refractivity contribution is 7.17. The number of nitrogens with zero attached hydrogens (tertiary/aromatic N) is 1. The van der Waals surface area contributed by atoms with Crippen molar-refractivity contribution in [2.75, 3.05) is 0 Å². The molecule has 49 heavy (non-hydrogen) atoms. The number of amides is 3. The average molecular weight is 690 g/mol. The highest BCUT2D eigenvalue weighted by Gasteiger charge is 2.34. The van der Waals surface area contributed by atoms with Gasteiger partial charge in [0.15, 0.2) is 5.88 Å². The molecule has 0 fully saturated rings. The first-order valence-corrected chi connectivity index (χ1v) is 17.0. The van der Waals surface area contributed by atoms with Crippen molar-refractivity contribution in [1.29, 1.82) is 0 Å². The quantitative estimate of drug-likeness (QED) is 0.0796. The van der Waals surface area contributed by atoms with Gasteiger partial charge in [-0.15, -0.1) is 11.3 Å². The van der Waals surface area contributed by atoms with Crippen molar-refractivity contribution in [3.05, 3.63) is 83.7 Å². The lowest BCUT2D eigenvalue weighted by molar-refractivity contribution is -0.132. The molecule has 3 amide bonds. The lowest BCUT2D eigenvalue weighted by Gasteiger charge is -2.32. The van der Waals surface area contributed by atoms with Crippen LogP contribution in [0.15, 0.2) is 72.6 Å². The zero-order valence-electron chi connectivity index (χ0n) is 29.4. The number of carbonyl (C=O) groups excluding carboxylic acids is 4. The molecule has 2 aromatic carbocycles. The van der Waals surface area contributed by atoms with Crippen LogP contribution in [0.1, 0.15) is 66.5 Å². The summed E-state index contributed by atoms with van der Waals surface area (Å²) in [4.78, 5) is 52.6. The molecule has 0 bridgehead atoms. The first-order valence-electron chi connectivity index (χ1n) is 16.1. The first-order chi connectivity index (χ1) is 22.9. The van der Waals surface area contributed by atoms with Gasteiger partial charge in [-0.3, -0.25) is 19.0 Å². The summed E-state index contributed by atoms with van der Waals surface area (Å²) in [5.74, 6) is -0.733. The molecule has 0 radical (unpaired) electrons. The molecule has 0 aliphatic heterocycles. The monoisotopic (exact) mass is 689 g/mol. The molecule has 0 unspecified atom stereocenters. The van der Waals surface area contributed by atoms with Gasteiger partial charge in [-0.25, -0.2) is 4.79 Å². The average Bonchev–Trinajstić information content (AvgIpc) is 3.56. The van der Waals surface area contributed by atoms with E-state index in [1.807, 2.05) is 68.6 Å². The second kappa shape index (κ2) is 14.7. The lowest BCUT2D eigenvalue weighted by Crippen LogP contribution is -2.60. The van der Waals surface area contributed by atoms with Gasteiger partial charge in [0.05, 0.1) is 5.52 Å². The van der Waals surface area contributed by atoms with Crippen LogP contribution in [0.3, 0.4) is 0 Å². The molecule has 4 N–H and O–H groups in total. The number of carbonyl (C=O) groups is 4. The number of benzene rings is 2. The minimum absolute atomic E-state index is 0.153. The van der Waals surface area contributed by atoms with Crippen molar-refractivity contribution < 1.29 is 28.7 Å². The minimum Gasteiger partial charge on any atom is -0.474 e. The van der Waals surface area contributed by atoms with Gasteiger partial charge >= 0.3 is 6.09 Å². The second-order valence-corrected chi connectivity index (χ2v) is 15.4. The van der Waals surface area contributed by atoms with Crippen molar-refractivity contribution in [2.45, 2.75) is 97.2 Å². The molecule has 2 atom stereocenters. The molecule has 0 saturated carbocycles. The lowest BCUT2D eigenvalue weighted by atomic mass is 10.00. The van der Waals surface area contributed by atoms with Crippen LogP contribution >= 0.6 is 11.3 Å². The number of fused-ring (bicyclic) bond motifs is 2. The molecule has 0 saturated heterocycles. The molecule has 4 aromatic rings. The van der Waals surface area contributed by atoms with E-state index in [1.165, 1.54) is 4.57 Å². The van der Waals surface area contributed by atoms with E-state index in [0.29, 0.717) is 17.5 Å². The van der Waals surface area contributed by atoms with Gasteiger partial charge in [0.1, 0.15) is 28.9 Å². The van der Waals surface area contributed by atoms with Crippen LogP contribution < -0.4 is 21.3 Å². The van der Waals surface area contributed by atoms with Crippen molar-refractivity contribution in [3.8, 4) is 0 Å². The first kappa shape index (κ1) is 37.0. The standard InChI is InChI=1S/C37H47N5O6S/c1-23(47-35(2,3)4)41-37(8,9)33(45)39-28(18-25-21-49-30-17-13-11-15-27(25)30)32(44)40-31(38-22-43)19-24-20-42(34(46)48-36(5,6)7)29-16-12-10-14-26(24)29/h10-17,20-22,28,31,41H,1,18-19H2,2-9H3,(H,38,43)(H,39,45)(H,40,44)/t28-,31-/m1/s1. The van der Waals surface area contributed by atoms with Gasteiger partial charge in [-0.05, 0) is 96.0 Å². The number of rotatable bonds is 13. The Bertz CT molecular complexity index is 1840. The molecule has 262 valence electrons. The number of aromatic nitrogens is 1. The number of para-hydroxylation sites is 1. The predicted octanol–water partition coefficient (Wildman–Crippen LogP) is 5.75. The third-order valence-electron chi connectivity index (χ3n) is 7.45. The molecule has 2 aromatic heterocycles. The Morgan fingerprint density at radius 1 is 0.857 bits per heavy atom. The summed E-state index contributed by atoms with van der Waals surface area (Å²) in [6.07, 6.45) is 1.10. The topological polar surface area (TPSA) is 140 Å². The smallest absolute Gasteiger partial charge is 0.419 e. The Morgan fingerprint density at radius 2 is 1.49 bits per heavy atom. The van der Waals surface area contributed by atoms with Crippen molar-refractivity contribution in [3.63, 3.8) is 0 Å². The maximum absolute atomic E-state index is 14.1. The molecule has 0 spiro atoms. The summed E-state index contributed by atoms with van der Waals surface area (Å²) in [5.41, 5.74) is -0.201. The van der Waals surface area contributed by atoms with Crippen molar-refractivity contribution in [2.24, 2.45) is 0 Å². The van der Waals surface area contributed by atoms with E-state index in [0.717, 1.165) is 21.0 Å². The molecular weight excluding hydrogens is 643 g/mol. The number of hydrogen-bond acceptors (Lipinski definition) is 8. The van der Waals surface area contributed by atoms with Crippen LogP contribution in [0.4, 0.5) is 4.79 Å². The normalized spacial score (nSPS) is 13.3. The summed E-state index contributed by atoms with van der Waals surface area (Å²) in [6, 6.07) is 14.2. The number of thiophene rings is 1. The Balaban J connectivity index is 1.61. The van der Waals surface area contributed by atoms with Crippen LogP contribution in [0.5, 0.6) is 0 Å². The summed E-state index contributed by atoms with van der Waals surface area (Å²) in [7, 11) is 0. The molecule has 0 aliphatic carbocycles. The van der Waals surface area contributed by atoms with Crippen LogP contribution in [0, 0.1) is 0 Å². The maximum Gasteiger partial charge on any atom is 0.419 e. The van der Waals surface area contributed by atoms with Crippen LogP contribution in [0.25, 0.3) is 21.0 Å². The third kappa shape index (κ3) is 9.85. The molecule has 2 heterocycles. The van der Waals surface area contributed by atoms with Gasteiger partial charge < -0.3 is 30.7 Å². The van der Waals surface area contributed by atoms with Gasteiger partial charge in [0.2, 0.25) is 18.2 Å². The number of nitrogens with one attached hydrogen (secondary N) is 4. The fourth-order valence-corrected chi connectivity index (χ4v) is 6.34. The zero-order chi connectivity index (χ0) is 36.1. The molecule has 11 nitrogen and oxygen atoms in total. The van der Waals surface area contributed by atoms with E-state index in [1.54, 1.807) is 58.2 Å². The summed E-state index contributed by atoms with van der Waals surface area (Å²) in [5, 5.41) is 15.3. The minimum atomic E-state index is -1.19. The van der Waals surface area contributed by atoms with E-state index in [-0.39, 0.29) is 18.7 Å². The van der Waals surface area contributed by atoms with E-state index in [9.17, 15) is 19.2 Å². The van der Waals surface area contributed by atoms with Crippen molar-refractivity contribution in [1.82, 2.24) is 25.8 Å². The zero-order valence-corrected chi connectivity index (χ0v) is 30.2. The summed E-state index contributed by atoms with van der Waals surface area (Å²) >= 11 is 1.55. The van der Waals surface area contributed by atoms with Gasteiger partial charge in [-0.2, -0.15) is 0 Å². The Morgan fingerprint density at radius 3 is 2.14 bits per heavy atom. The Labute approximate surface area is 291 Å². The highest BCUT2D eigenvalue weighted by atomic mass is 32.1. The van der Waals surface area contributed by atoms with E-state index in [4.69, 9.17) is 9.47 Å². The molecule has 4 rings (SSSR count). The third-order valence-corrected chi connectivity index (χ3v) is 8.46. The van der Waals surface area contributed by atoms with Crippen LogP contribution in [-0.2, 0) is 36.7 Å². The largest absolute Gasteiger partial charge is 0.474 e. The summed E-state index contributed by atoms with van der Waals surface area (Å²) < 4.78 is 13.9. The Kier molecular flexibility index (Phi) is 11.1. The predicted molar refractivity (Wildman–Crippen MR) is 193 cm³/mol. The van der Waals surface area contributed by atoms with Gasteiger partial charge in [0, 0.05) is 29.1 Å². The fraction of sp³-hybridized carbons (Fsp3) is 0.405. The molecular formula is C37H47N5O6S. The van der Waals surface area contributed by atoms with E-state index in [2.05, 4.69) is 27.8 Å². The SMILES string of the molecule is C=C(NC(C)(C)C(=O)N[C@H](Cc1csc2ccccc12)C(=O)N[C@H](Cc1cn(C(=O)OC(C)(C)C)c2ccccc12)NC=O)OC(C)(C)C. The number of ether oxygens (including phenoxy) is 2. The van der Waals surface area contributed by atoms with Crippen molar-refractivity contribution >= 4 is 56.6 Å². The molecule has 0 aliphatic rings. The second-order valence-electron chi connectivity index (χ2n) is 14.4.